The highest BCUT2D eigenvalue weighted by molar-refractivity contribution is 7.09. The van der Waals surface area contributed by atoms with Gasteiger partial charge in [-0.2, -0.15) is 0 Å². The number of piperidine rings is 1. The van der Waals surface area contributed by atoms with Crippen molar-refractivity contribution in [2.75, 3.05) is 20.1 Å². The Morgan fingerprint density at radius 3 is 2.88 bits per heavy atom. The molecule has 0 spiro atoms. The summed E-state index contributed by atoms with van der Waals surface area (Å²) in [5.41, 5.74) is 1.32. The van der Waals surface area contributed by atoms with Crippen molar-refractivity contribution in [3.05, 3.63) is 16.1 Å². The average Bonchev–Trinajstić information content (AvgIpc) is 2.76. The third-order valence-corrected chi connectivity index (χ3v) is 4.48. The molecule has 0 unspecified atom stereocenters. The lowest BCUT2D eigenvalue weighted by molar-refractivity contribution is 0.255. The Kier molecular flexibility index (Phi) is 4.36. The second-order valence-corrected chi connectivity index (χ2v) is 5.75. The number of nitrogens with zero attached hydrogens (tertiary/aromatic N) is 2. The zero-order chi connectivity index (χ0) is 11.4. The number of hydrogen-bond donors (Lipinski definition) is 0. The first-order chi connectivity index (χ1) is 7.79. The van der Waals surface area contributed by atoms with Gasteiger partial charge >= 0.3 is 0 Å². The molecule has 1 aromatic rings. The number of likely N-dealkylation sites (tertiary alicyclic amines) is 1. The fourth-order valence-corrected chi connectivity index (χ4v) is 3.26. The minimum atomic E-state index is 0.733. The fraction of sp³-hybridized carbons (Fsp3) is 0.769. The van der Waals surface area contributed by atoms with Gasteiger partial charge in [0.1, 0.15) is 0 Å². The Labute approximate surface area is 103 Å². The molecule has 1 saturated heterocycles. The van der Waals surface area contributed by atoms with Gasteiger partial charge in [0.05, 0.1) is 10.7 Å². The quantitative estimate of drug-likeness (QED) is 0.800. The van der Waals surface area contributed by atoms with E-state index in [4.69, 9.17) is 4.98 Å². The monoisotopic (exact) mass is 238 g/mol. The summed E-state index contributed by atoms with van der Waals surface area (Å²) in [4.78, 5) is 7.22. The predicted octanol–water partition coefficient (Wildman–Crippen LogP) is 3.29. The maximum atomic E-state index is 4.80. The van der Waals surface area contributed by atoms with E-state index >= 15 is 0 Å². The molecule has 0 aromatic carbocycles. The van der Waals surface area contributed by atoms with Crippen LogP contribution in [0.25, 0.3) is 0 Å². The standard InChI is InChI=1S/C13H22N2S/c1-3-4-5-12-10-16-13(14-12)11-6-8-15(2)9-7-11/h10-11H,3-9H2,1-2H3. The number of thiazole rings is 1. The Morgan fingerprint density at radius 1 is 1.44 bits per heavy atom. The normalized spacial score (nSPS) is 19.1. The van der Waals surface area contributed by atoms with Crippen molar-refractivity contribution in [3.63, 3.8) is 0 Å². The van der Waals surface area contributed by atoms with Gasteiger partial charge in [-0.3, -0.25) is 0 Å². The van der Waals surface area contributed by atoms with Gasteiger partial charge in [0.15, 0.2) is 0 Å². The van der Waals surface area contributed by atoms with Crippen LogP contribution in [0.5, 0.6) is 0 Å². The molecule has 2 nitrogen and oxygen atoms in total. The van der Waals surface area contributed by atoms with Crippen LogP contribution in [-0.4, -0.2) is 30.0 Å². The Bertz CT molecular complexity index is 313. The summed E-state index contributed by atoms with van der Waals surface area (Å²) in [6.07, 6.45) is 6.28. The average molecular weight is 238 g/mol. The topological polar surface area (TPSA) is 16.1 Å². The van der Waals surface area contributed by atoms with Crippen molar-refractivity contribution in [1.29, 1.82) is 0 Å². The van der Waals surface area contributed by atoms with Crippen LogP contribution in [-0.2, 0) is 6.42 Å². The van der Waals surface area contributed by atoms with Crippen LogP contribution in [0.4, 0.5) is 0 Å². The molecule has 2 heterocycles. The molecule has 1 aliphatic heterocycles. The smallest absolute Gasteiger partial charge is 0.0960 e. The molecule has 0 radical (unpaired) electrons. The molecule has 0 saturated carbocycles. The highest BCUT2D eigenvalue weighted by Crippen LogP contribution is 2.30. The second-order valence-electron chi connectivity index (χ2n) is 4.86. The number of rotatable bonds is 4. The van der Waals surface area contributed by atoms with E-state index in [2.05, 4.69) is 24.3 Å². The van der Waals surface area contributed by atoms with E-state index < -0.39 is 0 Å². The lowest BCUT2D eigenvalue weighted by atomic mass is 9.98. The van der Waals surface area contributed by atoms with Gasteiger partial charge in [-0.15, -0.1) is 11.3 Å². The zero-order valence-corrected chi connectivity index (χ0v) is 11.2. The van der Waals surface area contributed by atoms with Crippen molar-refractivity contribution < 1.29 is 0 Å². The van der Waals surface area contributed by atoms with Crippen LogP contribution in [0.2, 0.25) is 0 Å². The third kappa shape index (κ3) is 3.05. The molecular formula is C13H22N2S. The van der Waals surface area contributed by atoms with Crippen molar-refractivity contribution in [2.45, 2.75) is 44.9 Å². The van der Waals surface area contributed by atoms with Crippen molar-refractivity contribution >= 4 is 11.3 Å². The lowest BCUT2D eigenvalue weighted by Gasteiger charge is -2.27. The number of aromatic nitrogens is 1. The summed E-state index contributed by atoms with van der Waals surface area (Å²) < 4.78 is 0. The predicted molar refractivity (Wildman–Crippen MR) is 70.2 cm³/mol. The number of aryl methyl sites for hydroxylation is 1. The van der Waals surface area contributed by atoms with Crippen molar-refractivity contribution in [2.24, 2.45) is 0 Å². The Morgan fingerprint density at radius 2 is 2.19 bits per heavy atom. The fourth-order valence-electron chi connectivity index (χ4n) is 2.24. The SMILES string of the molecule is CCCCc1csc(C2CCN(C)CC2)n1. The van der Waals surface area contributed by atoms with Crippen LogP contribution < -0.4 is 0 Å². The molecular weight excluding hydrogens is 216 g/mol. The first-order valence-corrected chi connectivity index (χ1v) is 7.30. The Balaban J connectivity index is 1.91. The molecule has 90 valence electrons. The van der Waals surface area contributed by atoms with Gasteiger partial charge in [0.2, 0.25) is 0 Å². The minimum Gasteiger partial charge on any atom is -0.306 e. The highest BCUT2D eigenvalue weighted by Gasteiger charge is 2.20. The van der Waals surface area contributed by atoms with Crippen LogP contribution >= 0.6 is 11.3 Å². The number of hydrogen-bond acceptors (Lipinski definition) is 3. The lowest BCUT2D eigenvalue weighted by Crippen LogP contribution is -2.29. The van der Waals surface area contributed by atoms with Crippen LogP contribution in [0.1, 0.15) is 49.2 Å². The maximum Gasteiger partial charge on any atom is 0.0960 e. The minimum absolute atomic E-state index is 0.733. The molecule has 1 aromatic heterocycles. The Hall–Kier alpha value is -0.410. The number of unbranched alkanes of at least 4 members (excludes halogenated alkanes) is 1. The van der Waals surface area contributed by atoms with Gasteiger partial charge in [-0.1, -0.05) is 13.3 Å². The molecule has 0 amide bonds. The summed E-state index contributed by atoms with van der Waals surface area (Å²) in [6.45, 7) is 4.70. The zero-order valence-electron chi connectivity index (χ0n) is 10.4. The summed E-state index contributed by atoms with van der Waals surface area (Å²) in [5.74, 6) is 0.733. The van der Waals surface area contributed by atoms with E-state index in [9.17, 15) is 0 Å². The molecule has 1 aliphatic rings. The largest absolute Gasteiger partial charge is 0.306 e. The van der Waals surface area contributed by atoms with Gasteiger partial charge in [-0.05, 0) is 45.8 Å². The van der Waals surface area contributed by atoms with E-state index in [1.807, 2.05) is 11.3 Å². The van der Waals surface area contributed by atoms with Crippen molar-refractivity contribution in [3.8, 4) is 0 Å². The summed E-state index contributed by atoms with van der Waals surface area (Å²) in [7, 11) is 2.21. The first kappa shape index (κ1) is 12.1. The molecule has 0 N–H and O–H groups in total. The van der Waals surface area contributed by atoms with Crippen LogP contribution in [0.3, 0.4) is 0 Å². The van der Waals surface area contributed by atoms with Crippen molar-refractivity contribution in [1.82, 2.24) is 9.88 Å². The van der Waals surface area contributed by atoms with E-state index in [1.165, 1.54) is 55.9 Å². The van der Waals surface area contributed by atoms with E-state index in [0.29, 0.717) is 0 Å². The summed E-state index contributed by atoms with van der Waals surface area (Å²) >= 11 is 1.88. The molecule has 0 aliphatic carbocycles. The van der Waals surface area contributed by atoms with E-state index in [-0.39, 0.29) is 0 Å². The molecule has 2 rings (SSSR count). The molecule has 3 heteroatoms. The highest BCUT2D eigenvalue weighted by atomic mass is 32.1. The molecule has 0 bridgehead atoms. The van der Waals surface area contributed by atoms with Gasteiger partial charge < -0.3 is 4.90 Å². The molecule has 1 fully saturated rings. The van der Waals surface area contributed by atoms with Gasteiger partial charge in [-0.25, -0.2) is 4.98 Å². The summed E-state index contributed by atoms with van der Waals surface area (Å²) in [5, 5.41) is 3.66. The van der Waals surface area contributed by atoms with E-state index in [0.717, 1.165) is 5.92 Å². The summed E-state index contributed by atoms with van der Waals surface area (Å²) in [6, 6.07) is 0. The maximum absolute atomic E-state index is 4.80. The van der Waals surface area contributed by atoms with Crippen LogP contribution in [0, 0.1) is 0 Å². The molecule has 0 atom stereocenters. The van der Waals surface area contributed by atoms with Gasteiger partial charge in [0.25, 0.3) is 0 Å². The van der Waals surface area contributed by atoms with E-state index in [1.54, 1.807) is 0 Å². The second kappa shape index (κ2) is 5.78. The van der Waals surface area contributed by atoms with Gasteiger partial charge in [0, 0.05) is 11.3 Å². The molecule has 16 heavy (non-hydrogen) atoms. The first-order valence-electron chi connectivity index (χ1n) is 6.42. The van der Waals surface area contributed by atoms with Crippen LogP contribution in [0.15, 0.2) is 5.38 Å². The third-order valence-electron chi connectivity index (χ3n) is 3.42.